The van der Waals surface area contributed by atoms with E-state index in [1.54, 1.807) is 0 Å². The second kappa shape index (κ2) is 6.42. The highest BCUT2D eigenvalue weighted by molar-refractivity contribution is 6.35. The van der Waals surface area contributed by atoms with Crippen molar-refractivity contribution in [2.75, 3.05) is 6.54 Å². The van der Waals surface area contributed by atoms with Crippen LogP contribution >= 0.6 is 0 Å². The van der Waals surface area contributed by atoms with Gasteiger partial charge in [0, 0.05) is 6.54 Å². The summed E-state index contributed by atoms with van der Waals surface area (Å²) >= 11 is 0. The third-order valence-electron chi connectivity index (χ3n) is 5.37. The number of fused-ring (bicyclic) bond motifs is 1. The fraction of sp³-hybridized carbons (Fsp3) is 0.238. The molecule has 0 radical (unpaired) electrons. The van der Waals surface area contributed by atoms with Gasteiger partial charge in [-0.05, 0) is 24.0 Å². The third-order valence-corrected chi connectivity index (χ3v) is 5.37. The summed E-state index contributed by atoms with van der Waals surface area (Å²) in [6.07, 6.45) is 1.61. The lowest BCUT2D eigenvalue weighted by Gasteiger charge is -2.33. The Bertz CT molecular complexity index is 877. The van der Waals surface area contributed by atoms with Crippen LogP contribution < -0.4 is 11.3 Å². The number of carbonyl (C=O) groups excluding carboxylic acids is 2. The zero-order valence-corrected chi connectivity index (χ0v) is 14.4. The van der Waals surface area contributed by atoms with Gasteiger partial charge in [-0.3, -0.25) is 15.0 Å². The first-order chi connectivity index (χ1) is 12.7. The van der Waals surface area contributed by atoms with Crippen LogP contribution in [-0.4, -0.2) is 28.7 Å². The van der Waals surface area contributed by atoms with Crippen LogP contribution in [-0.2, 0) is 9.59 Å². The first kappa shape index (κ1) is 16.5. The number of ketones is 1. The Labute approximate surface area is 152 Å². The van der Waals surface area contributed by atoms with E-state index in [2.05, 4.69) is 10.3 Å². The van der Waals surface area contributed by atoms with Gasteiger partial charge in [0.15, 0.2) is 5.78 Å². The molecule has 1 fully saturated rings. The van der Waals surface area contributed by atoms with Crippen LogP contribution in [0.25, 0.3) is 11.3 Å². The Hall–Kier alpha value is -2.92. The molecule has 132 valence electrons. The average molecular weight is 347 g/mol. The lowest BCUT2D eigenvalue weighted by molar-refractivity contribution is -0.129. The Morgan fingerprint density at radius 3 is 2.27 bits per heavy atom. The minimum absolute atomic E-state index is 0.0173. The molecule has 1 amide bonds. The molecule has 4 rings (SSSR count). The van der Waals surface area contributed by atoms with E-state index in [0.29, 0.717) is 12.0 Å². The molecule has 2 heterocycles. The Balaban J connectivity index is 1.91. The second-order valence-electron chi connectivity index (χ2n) is 6.82. The molecule has 0 bridgehead atoms. The standard InChI is InChI=1S/C21H21N3O2/c22-23-17(25)14-21-12-7-13-24(21)19(16-10-5-2-6-11-16)18(20(21)26)15-8-3-1-4-9-15/h1-6,8-11H,7,12-14,22H2,(H,23,25). The Kier molecular flexibility index (Phi) is 4.09. The number of hydrazine groups is 1. The molecule has 0 aromatic heterocycles. The summed E-state index contributed by atoms with van der Waals surface area (Å²) in [5.41, 5.74) is 4.86. The van der Waals surface area contributed by atoms with Gasteiger partial charge in [0.1, 0.15) is 5.54 Å². The van der Waals surface area contributed by atoms with Gasteiger partial charge in [0.25, 0.3) is 0 Å². The summed E-state index contributed by atoms with van der Waals surface area (Å²) in [6, 6.07) is 19.6. The predicted molar refractivity (Wildman–Crippen MR) is 100 cm³/mol. The number of amides is 1. The maximum absolute atomic E-state index is 13.6. The smallest absolute Gasteiger partial charge is 0.236 e. The van der Waals surface area contributed by atoms with E-state index in [0.717, 1.165) is 29.8 Å². The summed E-state index contributed by atoms with van der Waals surface area (Å²) in [5.74, 6) is 5.03. The molecule has 5 heteroatoms. The molecule has 2 aromatic carbocycles. The number of nitrogens with one attached hydrogen (secondary N) is 1. The maximum atomic E-state index is 13.6. The first-order valence-corrected chi connectivity index (χ1v) is 8.84. The van der Waals surface area contributed by atoms with E-state index in [1.807, 2.05) is 60.7 Å². The largest absolute Gasteiger partial charge is 0.357 e. The van der Waals surface area contributed by atoms with Crippen molar-refractivity contribution in [3.63, 3.8) is 0 Å². The summed E-state index contributed by atoms with van der Waals surface area (Å²) < 4.78 is 0. The van der Waals surface area contributed by atoms with E-state index >= 15 is 0 Å². The van der Waals surface area contributed by atoms with Gasteiger partial charge in [-0.25, -0.2) is 5.84 Å². The van der Waals surface area contributed by atoms with Crippen molar-refractivity contribution >= 4 is 23.0 Å². The third kappa shape index (κ3) is 2.44. The fourth-order valence-corrected chi connectivity index (χ4v) is 4.27. The number of nitrogens with zero attached hydrogens (tertiary/aromatic N) is 1. The lowest BCUT2D eigenvalue weighted by Crippen LogP contribution is -2.49. The van der Waals surface area contributed by atoms with Crippen LogP contribution in [0.5, 0.6) is 0 Å². The van der Waals surface area contributed by atoms with E-state index in [-0.39, 0.29) is 18.1 Å². The van der Waals surface area contributed by atoms with E-state index < -0.39 is 5.54 Å². The van der Waals surface area contributed by atoms with Crippen molar-refractivity contribution in [3.05, 3.63) is 71.8 Å². The van der Waals surface area contributed by atoms with Gasteiger partial charge in [-0.1, -0.05) is 60.7 Å². The number of carbonyl (C=O) groups is 2. The predicted octanol–water partition coefficient (Wildman–Crippen LogP) is 2.35. The number of benzene rings is 2. The number of hydrogen-bond donors (Lipinski definition) is 2. The monoisotopic (exact) mass is 347 g/mol. The normalized spacial score (nSPS) is 21.9. The zero-order valence-electron chi connectivity index (χ0n) is 14.4. The number of hydrogen-bond acceptors (Lipinski definition) is 4. The fourth-order valence-electron chi connectivity index (χ4n) is 4.27. The van der Waals surface area contributed by atoms with E-state index in [9.17, 15) is 9.59 Å². The van der Waals surface area contributed by atoms with Crippen molar-refractivity contribution in [3.8, 4) is 0 Å². The molecule has 2 aromatic rings. The van der Waals surface area contributed by atoms with Crippen molar-refractivity contribution in [1.29, 1.82) is 0 Å². The minimum atomic E-state index is -0.834. The summed E-state index contributed by atoms with van der Waals surface area (Å²) in [6.45, 7) is 0.754. The van der Waals surface area contributed by atoms with Crippen LogP contribution in [0.2, 0.25) is 0 Å². The summed E-state index contributed by atoms with van der Waals surface area (Å²) in [4.78, 5) is 27.9. The Morgan fingerprint density at radius 2 is 1.65 bits per heavy atom. The molecule has 2 aliphatic heterocycles. The molecule has 1 saturated heterocycles. The van der Waals surface area contributed by atoms with Crippen LogP contribution in [0.15, 0.2) is 60.7 Å². The first-order valence-electron chi connectivity index (χ1n) is 8.84. The number of rotatable bonds is 4. The van der Waals surface area contributed by atoms with Crippen molar-refractivity contribution in [2.45, 2.75) is 24.8 Å². The molecule has 1 atom stereocenters. The topological polar surface area (TPSA) is 75.4 Å². The molecule has 0 aliphatic carbocycles. The second-order valence-corrected chi connectivity index (χ2v) is 6.82. The highest BCUT2D eigenvalue weighted by Crippen LogP contribution is 2.50. The molecular formula is C21H21N3O2. The molecule has 0 spiro atoms. The molecule has 0 saturated carbocycles. The van der Waals surface area contributed by atoms with Gasteiger partial charge >= 0.3 is 0 Å². The zero-order chi connectivity index (χ0) is 18.1. The highest BCUT2D eigenvalue weighted by Gasteiger charge is 2.56. The Morgan fingerprint density at radius 1 is 1.04 bits per heavy atom. The quantitative estimate of drug-likeness (QED) is 0.506. The molecule has 2 aliphatic rings. The summed E-state index contributed by atoms with van der Waals surface area (Å²) in [5, 5.41) is 0. The maximum Gasteiger partial charge on any atom is 0.236 e. The number of nitrogens with two attached hydrogens (primary N) is 1. The molecule has 5 nitrogen and oxygen atoms in total. The van der Waals surface area contributed by atoms with Crippen LogP contribution in [0.1, 0.15) is 30.4 Å². The molecule has 1 unspecified atom stereocenters. The minimum Gasteiger partial charge on any atom is -0.357 e. The highest BCUT2D eigenvalue weighted by atomic mass is 16.2. The SMILES string of the molecule is NNC(=O)CC12CCCN1C(c1ccccc1)=C(c1ccccc1)C2=O. The average Bonchev–Trinajstić information content (AvgIpc) is 3.19. The van der Waals surface area contributed by atoms with E-state index in [1.165, 1.54) is 0 Å². The van der Waals surface area contributed by atoms with Crippen molar-refractivity contribution in [2.24, 2.45) is 5.84 Å². The van der Waals surface area contributed by atoms with Gasteiger partial charge in [0.2, 0.25) is 5.91 Å². The van der Waals surface area contributed by atoms with Gasteiger partial charge < -0.3 is 4.90 Å². The van der Waals surface area contributed by atoms with Crippen LogP contribution in [0.3, 0.4) is 0 Å². The van der Waals surface area contributed by atoms with Gasteiger partial charge in [0.05, 0.1) is 17.7 Å². The van der Waals surface area contributed by atoms with Crippen LogP contribution in [0.4, 0.5) is 0 Å². The lowest BCUT2D eigenvalue weighted by atomic mass is 9.84. The van der Waals surface area contributed by atoms with Crippen LogP contribution in [0, 0.1) is 0 Å². The number of Topliss-reactive ketones (excluding diaryl/α,β-unsaturated/α-hetero) is 1. The molecule has 26 heavy (non-hydrogen) atoms. The van der Waals surface area contributed by atoms with Crippen molar-refractivity contribution < 1.29 is 9.59 Å². The molecular weight excluding hydrogens is 326 g/mol. The van der Waals surface area contributed by atoms with E-state index in [4.69, 9.17) is 5.84 Å². The van der Waals surface area contributed by atoms with Gasteiger partial charge in [-0.2, -0.15) is 0 Å². The van der Waals surface area contributed by atoms with Crippen molar-refractivity contribution in [1.82, 2.24) is 10.3 Å². The summed E-state index contributed by atoms with van der Waals surface area (Å²) in [7, 11) is 0. The molecule has 3 N–H and O–H groups in total. The van der Waals surface area contributed by atoms with Gasteiger partial charge in [-0.15, -0.1) is 0 Å².